The van der Waals surface area contributed by atoms with Crippen LogP contribution in [-0.4, -0.2) is 31.6 Å². The molecule has 1 aliphatic rings. The van der Waals surface area contributed by atoms with Gasteiger partial charge in [-0.25, -0.2) is 0 Å². The summed E-state index contributed by atoms with van der Waals surface area (Å²) in [6, 6.07) is 18.9. The van der Waals surface area contributed by atoms with E-state index in [-0.39, 0.29) is 25.0 Å². The zero-order valence-corrected chi connectivity index (χ0v) is 18.3. The van der Waals surface area contributed by atoms with Crippen molar-refractivity contribution in [2.24, 2.45) is 5.41 Å². The van der Waals surface area contributed by atoms with Crippen LogP contribution in [0.5, 0.6) is 11.5 Å². The smallest absolute Gasteiger partial charge is 0.262 e. The first kappa shape index (κ1) is 21.4. The highest BCUT2D eigenvalue weighted by Crippen LogP contribution is 2.38. The number of fused-ring (bicyclic) bond motifs is 2. The Morgan fingerprint density at radius 3 is 2.72 bits per heavy atom. The normalized spacial score (nSPS) is 14.8. The first-order valence-corrected chi connectivity index (χ1v) is 10.5. The van der Waals surface area contributed by atoms with Gasteiger partial charge in [0.15, 0.2) is 6.61 Å². The lowest BCUT2D eigenvalue weighted by Crippen LogP contribution is -2.42. The lowest BCUT2D eigenvalue weighted by atomic mass is 9.93. The van der Waals surface area contributed by atoms with Crippen molar-refractivity contribution in [3.8, 4) is 11.5 Å². The van der Waals surface area contributed by atoms with Crippen molar-refractivity contribution < 1.29 is 19.1 Å². The van der Waals surface area contributed by atoms with Gasteiger partial charge >= 0.3 is 0 Å². The van der Waals surface area contributed by atoms with Gasteiger partial charge in [-0.3, -0.25) is 9.59 Å². The van der Waals surface area contributed by atoms with Crippen LogP contribution in [0.25, 0.3) is 10.8 Å². The van der Waals surface area contributed by atoms with Crippen LogP contribution < -0.4 is 19.7 Å². The minimum Gasteiger partial charge on any atom is -0.490 e. The molecule has 3 aromatic carbocycles. The standard InChI is InChI=1S/C26H26N2O4/c1-4-13-28-22-15-20(10-12-23(22)32-17-26(2,3)25(28)30)27-24(29)16-31-21-11-9-18-7-5-6-8-19(18)14-21/h4-12,14-15H,1,13,16-17H2,2-3H3,(H,27,29). The molecule has 6 heteroatoms. The highest BCUT2D eigenvalue weighted by atomic mass is 16.5. The van der Waals surface area contributed by atoms with E-state index in [0.29, 0.717) is 29.4 Å². The highest BCUT2D eigenvalue weighted by molar-refractivity contribution is 6.01. The number of carbonyl (C=O) groups is 2. The van der Waals surface area contributed by atoms with Crippen molar-refractivity contribution in [3.05, 3.63) is 73.3 Å². The van der Waals surface area contributed by atoms with E-state index in [1.807, 2.05) is 56.3 Å². The van der Waals surface area contributed by atoms with Crippen LogP contribution in [0.4, 0.5) is 11.4 Å². The van der Waals surface area contributed by atoms with Crippen LogP contribution in [0.2, 0.25) is 0 Å². The predicted molar refractivity (Wildman–Crippen MR) is 126 cm³/mol. The first-order chi connectivity index (χ1) is 15.4. The summed E-state index contributed by atoms with van der Waals surface area (Å²) in [5, 5.41) is 4.99. The Labute approximate surface area is 187 Å². The molecular formula is C26H26N2O4. The molecule has 3 aromatic rings. The number of hydrogen-bond acceptors (Lipinski definition) is 4. The Morgan fingerprint density at radius 2 is 1.94 bits per heavy atom. The molecule has 0 bridgehead atoms. The maximum absolute atomic E-state index is 13.0. The molecule has 1 heterocycles. The molecule has 0 aliphatic carbocycles. The average Bonchev–Trinajstić information content (AvgIpc) is 2.88. The van der Waals surface area contributed by atoms with Crippen molar-refractivity contribution in [1.29, 1.82) is 0 Å². The number of hydrogen-bond donors (Lipinski definition) is 1. The molecule has 0 fully saturated rings. The monoisotopic (exact) mass is 430 g/mol. The summed E-state index contributed by atoms with van der Waals surface area (Å²) >= 11 is 0. The zero-order valence-electron chi connectivity index (χ0n) is 18.3. The predicted octanol–water partition coefficient (Wildman–Crippen LogP) is 4.79. The Balaban J connectivity index is 1.47. The summed E-state index contributed by atoms with van der Waals surface area (Å²) in [5.41, 5.74) is 0.494. The van der Waals surface area contributed by atoms with E-state index in [9.17, 15) is 9.59 Å². The van der Waals surface area contributed by atoms with Gasteiger partial charge in [-0.05, 0) is 55.0 Å². The van der Waals surface area contributed by atoms with Gasteiger partial charge in [0.05, 0.1) is 11.1 Å². The Hall–Kier alpha value is -3.80. The molecule has 0 spiro atoms. The van der Waals surface area contributed by atoms with Crippen molar-refractivity contribution in [1.82, 2.24) is 0 Å². The van der Waals surface area contributed by atoms with Gasteiger partial charge in [0.2, 0.25) is 5.91 Å². The number of nitrogens with zero attached hydrogens (tertiary/aromatic N) is 1. The molecule has 0 radical (unpaired) electrons. The number of rotatable bonds is 6. The second-order valence-corrected chi connectivity index (χ2v) is 8.41. The maximum Gasteiger partial charge on any atom is 0.262 e. The van der Waals surface area contributed by atoms with E-state index in [2.05, 4.69) is 11.9 Å². The third kappa shape index (κ3) is 4.44. The van der Waals surface area contributed by atoms with Crippen LogP contribution in [-0.2, 0) is 9.59 Å². The Bertz CT molecular complexity index is 1190. The molecule has 0 atom stereocenters. The Morgan fingerprint density at radius 1 is 1.16 bits per heavy atom. The summed E-state index contributed by atoms with van der Waals surface area (Å²) in [7, 11) is 0. The molecule has 0 saturated carbocycles. The number of ether oxygens (including phenoxy) is 2. The van der Waals surface area contributed by atoms with Crippen molar-refractivity contribution >= 4 is 34.0 Å². The second-order valence-electron chi connectivity index (χ2n) is 8.41. The van der Waals surface area contributed by atoms with E-state index in [4.69, 9.17) is 9.47 Å². The maximum atomic E-state index is 13.0. The molecule has 6 nitrogen and oxygen atoms in total. The van der Waals surface area contributed by atoms with E-state index < -0.39 is 5.41 Å². The van der Waals surface area contributed by atoms with Gasteiger partial charge in [-0.2, -0.15) is 0 Å². The molecule has 164 valence electrons. The molecule has 0 saturated heterocycles. The molecule has 1 aliphatic heterocycles. The van der Waals surface area contributed by atoms with Crippen molar-refractivity contribution in [3.63, 3.8) is 0 Å². The van der Waals surface area contributed by atoms with E-state index >= 15 is 0 Å². The molecule has 2 amide bonds. The largest absolute Gasteiger partial charge is 0.490 e. The third-order valence-electron chi connectivity index (χ3n) is 5.35. The molecule has 32 heavy (non-hydrogen) atoms. The second kappa shape index (κ2) is 8.75. The number of anilines is 2. The average molecular weight is 431 g/mol. The van der Waals surface area contributed by atoms with Crippen LogP contribution in [0.15, 0.2) is 73.3 Å². The van der Waals surface area contributed by atoms with Gasteiger partial charge in [0.25, 0.3) is 5.91 Å². The third-order valence-corrected chi connectivity index (χ3v) is 5.35. The zero-order chi connectivity index (χ0) is 22.7. The number of carbonyl (C=O) groups excluding carboxylic acids is 2. The van der Waals surface area contributed by atoms with Gasteiger partial charge < -0.3 is 19.7 Å². The number of nitrogens with one attached hydrogen (secondary N) is 1. The fourth-order valence-electron chi connectivity index (χ4n) is 3.64. The first-order valence-electron chi connectivity index (χ1n) is 10.5. The SMILES string of the molecule is C=CCN1C(=O)C(C)(C)COc2ccc(NC(=O)COc3ccc4ccccc4c3)cc21. The minimum absolute atomic E-state index is 0.0562. The molecule has 0 aromatic heterocycles. The van der Waals surface area contributed by atoms with E-state index in [1.54, 1.807) is 29.2 Å². The van der Waals surface area contributed by atoms with E-state index in [1.165, 1.54) is 0 Å². The fourth-order valence-corrected chi connectivity index (χ4v) is 3.64. The topological polar surface area (TPSA) is 67.9 Å². The van der Waals surface area contributed by atoms with Gasteiger partial charge in [0.1, 0.15) is 18.1 Å². The molecule has 1 N–H and O–H groups in total. The van der Waals surface area contributed by atoms with Crippen LogP contribution in [0.1, 0.15) is 13.8 Å². The highest BCUT2D eigenvalue weighted by Gasteiger charge is 2.37. The molecule has 4 rings (SSSR count). The fraction of sp³-hybridized carbons (Fsp3) is 0.231. The summed E-state index contributed by atoms with van der Waals surface area (Å²) < 4.78 is 11.5. The molecule has 0 unspecified atom stereocenters. The van der Waals surface area contributed by atoms with E-state index in [0.717, 1.165) is 10.8 Å². The molecular weight excluding hydrogens is 404 g/mol. The summed E-state index contributed by atoms with van der Waals surface area (Å²) in [4.78, 5) is 27.1. The Kier molecular flexibility index (Phi) is 5.86. The lowest BCUT2D eigenvalue weighted by molar-refractivity contribution is -0.127. The van der Waals surface area contributed by atoms with Crippen LogP contribution >= 0.6 is 0 Å². The summed E-state index contributed by atoms with van der Waals surface area (Å²) in [6.45, 7) is 7.96. The number of amides is 2. The van der Waals surface area contributed by atoms with Gasteiger partial charge in [0, 0.05) is 12.2 Å². The van der Waals surface area contributed by atoms with Gasteiger partial charge in [-0.15, -0.1) is 6.58 Å². The summed E-state index contributed by atoms with van der Waals surface area (Å²) in [6.07, 6.45) is 1.67. The van der Waals surface area contributed by atoms with Crippen molar-refractivity contribution in [2.45, 2.75) is 13.8 Å². The van der Waals surface area contributed by atoms with Crippen molar-refractivity contribution in [2.75, 3.05) is 30.0 Å². The van der Waals surface area contributed by atoms with Crippen LogP contribution in [0.3, 0.4) is 0 Å². The lowest BCUT2D eigenvalue weighted by Gasteiger charge is -2.27. The summed E-state index contributed by atoms with van der Waals surface area (Å²) in [5.74, 6) is 0.865. The van der Waals surface area contributed by atoms with Crippen LogP contribution in [0, 0.1) is 5.41 Å². The number of benzene rings is 3. The minimum atomic E-state index is -0.668. The van der Waals surface area contributed by atoms with Gasteiger partial charge in [-0.1, -0.05) is 36.4 Å². The quantitative estimate of drug-likeness (QED) is 0.571.